The van der Waals surface area contributed by atoms with Gasteiger partial charge >= 0.3 is 0 Å². The van der Waals surface area contributed by atoms with Gasteiger partial charge in [0, 0.05) is 16.7 Å². The van der Waals surface area contributed by atoms with Crippen LogP contribution in [0.5, 0.6) is 5.88 Å². The highest BCUT2D eigenvalue weighted by Crippen LogP contribution is 2.26. The summed E-state index contributed by atoms with van der Waals surface area (Å²) >= 11 is 5.99. The van der Waals surface area contributed by atoms with E-state index in [0.29, 0.717) is 22.2 Å². The zero-order chi connectivity index (χ0) is 12.3. The second-order valence-corrected chi connectivity index (χ2v) is 3.83. The van der Waals surface area contributed by atoms with E-state index in [2.05, 4.69) is 10.2 Å². The monoisotopic (exact) mass is 250 g/mol. The van der Waals surface area contributed by atoms with Crippen molar-refractivity contribution >= 4 is 11.6 Å². The number of ether oxygens (including phenoxy) is 1. The molecule has 1 aromatic heterocycles. The molecule has 2 rings (SSSR count). The number of benzene rings is 1. The maximum absolute atomic E-state index is 10.1. The quantitative estimate of drug-likeness (QED) is 0.908. The van der Waals surface area contributed by atoms with Crippen molar-refractivity contribution in [2.75, 3.05) is 7.11 Å². The van der Waals surface area contributed by atoms with Crippen LogP contribution in [0.1, 0.15) is 17.4 Å². The summed E-state index contributed by atoms with van der Waals surface area (Å²) in [7, 11) is 1.51. The molecule has 0 bridgehead atoms. The Bertz CT molecular complexity index is 502. The molecule has 0 amide bonds. The lowest BCUT2D eigenvalue weighted by Crippen LogP contribution is -2.04. The molecule has 0 radical (unpaired) electrons. The van der Waals surface area contributed by atoms with Gasteiger partial charge in [0.15, 0.2) is 0 Å². The average Bonchev–Trinajstić information content (AvgIpc) is 2.39. The molecule has 0 aliphatic rings. The lowest BCUT2D eigenvalue weighted by Gasteiger charge is -2.11. The van der Waals surface area contributed by atoms with E-state index in [0.717, 1.165) is 0 Å². The summed E-state index contributed by atoms with van der Waals surface area (Å²) in [5, 5.41) is 18.3. The van der Waals surface area contributed by atoms with Gasteiger partial charge in [-0.05, 0) is 12.1 Å². The zero-order valence-corrected chi connectivity index (χ0v) is 9.93. The van der Waals surface area contributed by atoms with E-state index in [-0.39, 0.29) is 0 Å². The Hall–Kier alpha value is -1.65. The van der Waals surface area contributed by atoms with Gasteiger partial charge in [0.2, 0.25) is 5.88 Å². The first-order chi connectivity index (χ1) is 8.22. The number of aliphatic hydroxyl groups is 1. The van der Waals surface area contributed by atoms with Crippen molar-refractivity contribution in [3.8, 4) is 5.88 Å². The van der Waals surface area contributed by atoms with Gasteiger partial charge in [0.05, 0.1) is 12.8 Å². The minimum absolute atomic E-state index is 0.403. The molecule has 0 saturated heterocycles. The van der Waals surface area contributed by atoms with Gasteiger partial charge in [-0.3, -0.25) is 0 Å². The molecule has 4 nitrogen and oxygen atoms in total. The molecule has 0 aliphatic heterocycles. The van der Waals surface area contributed by atoms with Crippen molar-refractivity contribution < 1.29 is 9.84 Å². The van der Waals surface area contributed by atoms with Gasteiger partial charge < -0.3 is 9.84 Å². The van der Waals surface area contributed by atoms with Gasteiger partial charge in [-0.1, -0.05) is 29.8 Å². The summed E-state index contributed by atoms with van der Waals surface area (Å²) < 4.78 is 4.90. The number of hydrogen-bond acceptors (Lipinski definition) is 4. The molecule has 0 spiro atoms. The van der Waals surface area contributed by atoms with Crippen LogP contribution in [0.2, 0.25) is 5.02 Å². The molecule has 2 aromatic rings. The number of halogens is 1. The van der Waals surface area contributed by atoms with Crippen LogP contribution in [0, 0.1) is 0 Å². The molecular formula is C12H11ClN2O2. The highest BCUT2D eigenvalue weighted by molar-refractivity contribution is 6.31. The van der Waals surface area contributed by atoms with Gasteiger partial charge in [-0.2, -0.15) is 0 Å². The number of nitrogens with zero attached hydrogens (tertiary/aromatic N) is 2. The van der Waals surface area contributed by atoms with Crippen molar-refractivity contribution in [2.24, 2.45) is 0 Å². The molecule has 0 fully saturated rings. The Labute approximate surface area is 104 Å². The lowest BCUT2D eigenvalue weighted by molar-refractivity contribution is 0.213. The first kappa shape index (κ1) is 11.8. The molecular weight excluding hydrogens is 240 g/mol. The summed E-state index contributed by atoms with van der Waals surface area (Å²) in [4.78, 5) is 0. The maximum Gasteiger partial charge on any atom is 0.233 e. The van der Waals surface area contributed by atoms with Crippen LogP contribution in [0.25, 0.3) is 0 Å². The smallest absolute Gasteiger partial charge is 0.233 e. The normalized spacial score (nSPS) is 12.2. The van der Waals surface area contributed by atoms with Crippen LogP contribution in [0.4, 0.5) is 0 Å². The summed E-state index contributed by atoms with van der Waals surface area (Å²) in [6.45, 7) is 0. The van der Waals surface area contributed by atoms with Crippen molar-refractivity contribution in [1.82, 2.24) is 10.2 Å². The minimum Gasteiger partial charge on any atom is -0.480 e. The Morgan fingerprint density at radius 2 is 1.94 bits per heavy atom. The van der Waals surface area contributed by atoms with Crippen molar-refractivity contribution in [1.29, 1.82) is 0 Å². The third-order valence-corrected chi connectivity index (χ3v) is 2.69. The van der Waals surface area contributed by atoms with Gasteiger partial charge in [0.25, 0.3) is 0 Å². The standard InChI is InChI=1S/C12H11ClN2O2/c1-17-11-7-6-10(14-15-11)12(16)8-4-2-3-5-9(8)13/h2-7,12,16H,1H3. The predicted molar refractivity (Wildman–Crippen MR) is 64.1 cm³/mol. The molecule has 0 saturated carbocycles. The summed E-state index contributed by atoms with van der Waals surface area (Å²) in [6, 6.07) is 10.4. The molecule has 1 aromatic carbocycles. The molecule has 1 N–H and O–H groups in total. The van der Waals surface area contributed by atoms with Crippen LogP contribution in [0.15, 0.2) is 36.4 Å². The third-order valence-electron chi connectivity index (χ3n) is 2.35. The minimum atomic E-state index is -0.887. The first-order valence-corrected chi connectivity index (χ1v) is 5.40. The van der Waals surface area contributed by atoms with E-state index in [1.807, 2.05) is 0 Å². The number of aliphatic hydroxyl groups excluding tert-OH is 1. The van der Waals surface area contributed by atoms with Crippen molar-refractivity contribution in [2.45, 2.75) is 6.10 Å². The van der Waals surface area contributed by atoms with E-state index >= 15 is 0 Å². The number of hydrogen-bond donors (Lipinski definition) is 1. The predicted octanol–water partition coefficient (Wildman–Crippen LogP) is 2.22. The summed E-state index contributed by atoms with van der Waals surface area (Å²) in [6.07, 6.45) is -0.887. The Morgan fingerprint density at radius 1 is 1.18 bits per heavy atom. The molecule has 1 heterocycles. The average molecular weight is 251 g/mol. The number of aromatic nitrogens is 2. The van der Waals surface area contributed by atoms with Crippen molar-refractivity contribution in [3.63, 3.8) is 0 Å². The van der Waals surface area contributed by atoms with Crippen LogP contribution < -0.4 is 4.74 Å². The molecule has 17 heavy (non-hydrogen) atoms. The van der Waals surface area contributed by atoms with E-state index in [1.165, 1.54) is 7.11 Å². The Kier molecular flexibility index (Phi) is 3.56. The van der Waals surface area contributed by atoms with Crippen LogP contribution in [-0.2, 0) is 0 Å². The molecule has 1 unspecified atom stereocenters. The SMILES string of the molecule is COc1ccc(C(O)c2ccccc2Cl)nn1. The topological polar surface area (TPSA) is 55.2 Å². The molecule has 5 heteroatoms. The second-order valence-electron chi connectivity index (χ2n) is 3.42. The Balaban J connectivity index is 2.30. The molecule has 0 aliphatic carbocycles. The summed E-state index contributed by atoms with van der Waals surface area (Å²) in [5.74, 6) is 0.403. The maximum atomic E-state index is 10.1. The van der Waals surface area contributed by atoms with Crippen LogP contribution in [-0.4, -0.2) is 22.4 Å². The van der Waals surface area contributed by atoms with E-state index < -0.39 is 6.10 Å². The summed E-state index contributed by atoms with van der Waals surface area (Å²) in [5.41, 5.74) is 1.03. The number of methoxy groups -OCH3 is 1. The third kappa shape index (κ3) is 2.54. The highest BCUT2D eigenvalue weighted by Gasteiger charge is 2.15. The van der Waals surface area contributed by atoms with E-state index in [9.17, 15) is 5.11 Å². The zero-order valence-electron chi connectivity index (χ0n) is 9.17. The molecule has 1 atom stereocenters. The van der Waals surface area contributed by atoms with Gasteiger partial charge in [0.1, 0.15) is 6.10 Å². The lowest BCUT2D eigenvalue weighted by atomic mass is 10.1. The fourth-order valence-corrected chi connectivity index (χ4v) is 1.68. The van der Waals surface area contributed by atoms with Crippen LogP contribution >= 0.6 is 11.6 Å². The Morgan fingerprint density at radius 3 is 2.53 bits per heavy atom. The van der Waals surface area contributed by atoms with Gasteiger partial charge in [-0.15, -0.1) is 10.2 Å². The van der Waals surface area contributed by atoms with Crippen LogP contribution in [0.3, 0.4) is 0 Å². The van der Waals surface area contributed by atoms with Gasteiger partial charge in [-0.25, -0.2) is 0 Å². The van der Waals surface area contributed by atoms with E-state index in [1.54, 1.807) is 36.4 Å². The number of rotatable bonds is 3. The largest absolute Gasteiger partial charge is 0.480 e. The van der Waals surface area contributed by atoms with Crippen molar-refractivity contribution in [3.05, 3.63) is 52.7 Å². The van der Waals surface area contributed by atoms with E-state index in [4.69, 9.17) is 16.3 Å². The fourth-order valence-electron chi connectivity index (χ4n) is 1.44. The second kappa shape index (κ2) is 5.12. The highest BCUT2D eigenvalue weighted by atomic mass is 35.5. The fraction of sp³-hybridized carbons (Fsp3) is 0.167. The first-order valence-electron chi connectivity index (χ1n) is 5.02. The molecule has 88 valence electrons.